The van der Waals surface area contributed by atoms with Gasteiger partial charge in [0.2, 0.25) is 0 Å². The van der Waals surface area contributed by atoms with Gasteiger partial charge in [-0.25, -0.2) is 0 Å². The van der Waals surface area contributed by atoms with Gasteiger partial charge in [-0.05, 0) is 77.6 Å². The van der Waals surface area contributed by atoms with E-state index in [9.17, 15) is 0 Å². The number of hydrogen-bond acceptors (Lipinski definition) is 3. The lowest BCUT2D eigenvalue weighted by Crippen LogP contribution is -2.08. The molecule has 112 valence electrons. The summed E-state index contributed by atoms with van der Waals surface area (Å²) in [4.78, 5) is 0. The van der Waals surface area contributed by atoms with E-state index >= 15 is 0 Å². The first-order chi connectivity index (χ1) is 10.6. The van der Waals surface area contributed by atoms with Gasteiger partial charge < -0.3 is 5.32 Å². The van der Waals surface area contributed by atoms with Gasteiger partial charge in [0.05, 0.1) is 6.54 Å². The molecule has 1 heterocycles. The number of aromatic amines is 1. The van der Waals surface area contributed by atoms with Crippen LogP contribution in [-0.2, 0) is 6.54 Å². The minimum Gasteiger partial charge on any atom is -0.378 e. The molecule has 0 aliphatic carbocycles. The Morgan fingerprint density at radius 3 is 2.73 bits per heavy atom. The highest BCUT2D eigenvalue weighted by molar-refractivity contribution is 14.1. The maximum absolute atomic E-state index is 5.34. The Bertz CT molecular complexity index is 839. The molecule has 3 aromatic rings. The summed E-state index contributed by atoms with van der Waals surface area (Å²) in [6.45, 7) is 2.70. The molecule has 6 heteroatoms. The zero-order valence-corrected chi connectivity index (χ0v) is 15.0. The molecule has 0 unspecified atom stereocenters. The third-order valence-electron chi connectivity index (χ3n) is 3.38. The summed E-state index contributed by atoms with van der Waals surface area (Å²) >= 11 is 7.66. The minimum atomic E-state index is 0.599. The molecule has 0 atom stereocenters. The quantitative estimate of drug-likeness (QED) is 0.482. The van der Waals surface area contributed by atoms with Crippen molar-refractivity contribution in [2.75, 3.05) is 5.32 Å². The maximum Gasteiger partial charge on any atom is 0.199 e. The highest BCUT2D eigenvalue weighted by Gasteiger charge is 2.08. The molecule has 3 rings (SSSR count). The van der Waals surface area contributed by atoms with Crippen molar-refractivity contribution in [3.63, 3.8) is 0 Å². The van der Waals surface area contributed by atoms with Gasteiger partial charge in [0.25, 0.3) is 0 Å². The molecule has 0 fully saturated rings. The molecule has 0 saturated carbocycles. The summed E-state index contributed by atoms with van der Waals surface area (Å²) in [6.07, 6.45) is 0. The predicted octanol–water partition coefficient (Wildman–Crippen LogP) is 4.46. The summed E-state index contributed by atoms with van der Waals surface area (Å²) in [7, 11) is 0. The number of para-hydroxylation sites is 1. The van der Waals surface area contributed by atoms with Crippen LogP contribution in [0.4, 0.5) is 5.69 Å². The summed E-state index contributed by atoms with van der Waals surface area (Å²) in [6, 6.07) is 16.3. The second-order valence-electron chi connectivity index (χ2n) is 4.93. The molecule has 0 radical (unpaired) electrons. The second kappa shape index (κ2) is 6.62. The van der Waals surface area contributed by atoms with Gasteiger partial charge in [0.15, 0.2) is 10.6 Å². The largest absolute Gasteiger partial charge is 0.378 e. The van der Waals surface area contributed by atoms with Crippen LogP contribution in [0, 0.1) is 15.3 Å². The van der Waals surface area contributed by atoms with Crippen LogP contribution in [-0.4, -0.2) is 14.8 Å². The van der Waals surface area contributed by atoms with Gasteiger partial charge in [0.1, 0.15) is 0 Å². The fourth-order valence-corrected chi connectivity index (χ4v) is 3.19. The predicted molar refractivity (Wildman–Crippen MR) is 100.0 cm³/mol. The van der Waals surface area contributed by atoms with E-state index in [4.69, 9.17) is 12.2 Å². The van der Waals surface area contributed by atoms with Crippen molar-refractivity contribution in [3.05, 3.63) is 68.3 Å². The Balaban J connectivity index is 1.86. The van der Waals surface area contributed by atoms with Crippen LogP contribution in [0.1, 0.15) is 11.4 Å². The third-order valence-corrected chi connectivity index (χ3v) is 4.33. The molecule has 0 bridgehead atoms. The monoisotopic (exact) mass is 422 g/mol. The Hall–Kier alpha value is -1.67. The number of nitrogens with one attached hydrogen (secondary N) is 2. The van der Waals surface area contributed by atoms with Crippen molar-refractivity contribution >= 4 is 40.5 Å². The molecule has 1 aromatic heterocycles. The van der Waals surface area contributed by atoms with Crippen molar-refractivity contribution in [1.29, 1.82) is 0 Å². The molecule has 0 spiro atoms. The highest BCUT2D eigenvalue weighted by Crippen LogP contribution is 2.19. The van der Waals surface area contributed by atoms with Crippen LogP contribution in [0.15, 0.2) is 48.5 Å². The molecule has 2 aromatic carbocycles. The summed E-state index contributed by atoms with van der Waals surface area (Å²) in [5.41, 5.74) is 3.33. The van der Waals surface area contributed by atoms with E-state index in [1.807, 2.05) is 34.9 Å². The van der Waals surface area contributed by atoms with Crippen molar-refractivity contribution in [1.82, 2.24) is 14.8 Å². The molecule has 22 heavy (non-hydrogen) atoms. The second-order valence-corrected chi connectivity index (χ2v) is 6.56. The fourth-order valence-electron chi connectivity index (χ4n) is 2.29. The first-order valence-corrected chi connectivity index (χ1v) is 8.35. The van der Waals surface area contributed by atoms with Crippen molar-refractivity contribution < 1.29 is 0 Å². The number of hydrogen-bond donors (Lipinski definition) is 2. The van der Waals surface area contributed by atoms with Crippen LogP contribution >= 0.6 is 34.8 Å². The molecule has 0 saturated heterocycles. The van der Waals surface area contributed by atoms with Crippen molar-refractivity contribution in [2.24, 2.45) is 0 Å². The Labute approximate surface area is 147 Å². The fraction of sp³-hybridized carbons (Fsp3) is 0.125. The van der Waals surface area contributed by atoms with Crippen LogP contribution in [0.2, 0.25) is 0 Å². The lowest BCUT2D eigenvalue weighted by Gasteiger charge is -2.11. The molecule has 4 nitrogen and oxygen atoms in total. The number of nitrogens with zero attached hydrogens (tertiary/aromatic N) is 2. The average molecular weight is 422 g/mol. The number of aryl methyl sites for hydroxylation is 1. The van der Waals surface area contributed by atoms with Gasteiger partial charge in [0, 0.05) is 14.9 Å². The normalized spacial score (nSPS) is 10.6. The molecular weight excluding hydrogens is 407 g/mol. The SMILES string of the molecule is Cc1cc(I)ccc1NCc1n[nH]c(=S)n1-c1ccccc1. The number of benzene rings is 2. The third kappa shape index (κ3) is 3.22. The van der Waals surface area contributed by atoms with Crippen LogP contribution < -0.4 is 5.32 Å². The summed E-state index contributed by atoms with van der Waals surface area (Å²) in [5, 5.41) is 10.6. The summed E-state index contributed by atoms with van der Waals surface area (Å²) in [5.74, 6) is 0.856. The number of anilines is 1. The van der Waals surface area contributed by atoms with E-state index in [-0.39, 0.29) is 0 Å². The minimum absolute atomic E-state index is 0.599. The Morgan fingerprint density at radius 2 is 2.00 bits per heavy atom. The topological polar surface area (TPSA) is 45.6 Å². The van der Waals surface area contributed by atoms with E-state index in [0.29, 0.717) is 11.3 Å². The number of rotatable bonds is 4. The molecule has 0 aliphatic heterocycles. The van der Waals surface area contributed by atoms with E-state index in [0.717, 1.165) is 17.2 Å². The Morgan fingerprint density at radius 1 is 1.23 bits per heavy atom. The average Bonchev–Trinajstić information content (AvgIpc) is 2.88. The zero-order chi connectivity index (χ0) is 15.5. The van der Waals surface area contributed by atoms with Crippen LogP contribution in [0.3, 0.4) is 0 Å². The van der Waals surface area contributed by atoms with E-state index in [1.165, 1.54) is 9.13 Å². The highest BCUT2D eigenvalue weighted by atomic mass is 127. The first-order valence-electron chi connectivity index (χ1n) is 6.87. The molecule has 0 amide bonds. The van der Waals surface area contributed by atoms with Crippen molar-refractivity contribution in [3.8, 4) is 5.69 Å². The van der Waals surface area contributed by atoms with Gasteiger partial charge in [-0.3, -0.25) is 9.67 Å². The van der Waals surface area contributed by atoms with Crippen molar-refractivity contribution in [2.45, 2.75) is 13.5 Å². The van der Waals surface area contributed by atoms with Gasteiger partial charge in [-0.15, -0.1) is 0 Å². The lowest BCUT2D eigenvalue weighted by molar-refractivity contribution is 0.887. The summed E-state index contributed by atoms with van der Waals surface area (Å²) < 4.78 is 3.78. The van der Waals surface area contributed by atoms with Gasteiger partial charge in [-0.2, -0.15) is 5.10 Å². The molecule has 0 aliphatic rings. The molecule has 2 N–H and O–H groups in total. The van der Waals surface area contributed by atoms with E-state index < -0.39 is 0 Å². The van der Waals surface area contributed by atoms with Gasteiger partial charge >= 0.3 is 0 Å². The first kappa shape index (κ1) is 15.2. The van der Waals surface area contributed by atoms with Crippen LogP contribution in [0.5, 0.6) is 0 Å². The van der Waals surface area contributed by atoms with Crippen LogP contribution in [0.25, 0.3) is 5.69 Å². The lowest BCUT2D eigenvalue weighted by atomic mass is 10.2. The number of halogens is 1. The smallest absolute Gasteiger partial charge is 0.199 e. The number of aromatic nitrogens is 3. The Kier molecular flexibility index (Phi) is 4.58. The number of H-pyrrole nitrogens is 1. The van der Waals surface area contributed by atoms with E-state index in [2.05, 4.69) is 63.2 Å². The van der Waals surface area contributed by atoms with E-state index in [1.54, 1.807) is 0 Å². The van der Waals surface area contributed by atoms with Gasteiger partial charge in [-0.1, -0.05) is 18.2 Å². The molecular formula is C16H15IN4S. The zero-order valence-electron chi connectivity index (χ0n) is 12.0. The maximum atomic E-state index is 5.34. The standard InChI is InChI=1S/C16H15IN4S/c1-11-9-12(17)7-8-14(11)18-10-15-19-20-16(22)21(15)13-5-3-2-4-6-13/h2-9,18H,10H2,1H3,(H,20,22).